The molecule has 1 aromatic heterocycles. The van der Waals surface area contributed by atoms with E-state index in [9.17, 15) is 9.59 Å². The molecule has 0 fully saturated rings. The van der Waals surface area contributed by atoms with Crippen molar-refractivity contribution in [2.75, 3.05) is 0 Å². The van der Waals surface area contributed by atoms with Crippen LogP contribution in [0.5, 0.6) is 5.75 Å². The molecule has 0 unspecified atom stereocenters. The predicted octanol–water partition coefficient (Wildman–Crippen LogP) is 1.65. The highest BCUT2D eigenvalue weighted by Gasteiger charge is 2.12. The van der Waals surface area contributed by atoms with Crippen LogP contribution in [0.4, 0.5) is 0 Å². The predicted molar refractivity (Wildman–Crippen MR) is 65.9 cm³/mol. The number of halogens is 1. The summed E-state index contributed by atoms with van der Waals surface area (Å²) in [5.41, 5.74) is -0.263. The number of rotatable bonds is 2. The topological polar surface area (TPSA) is 61.2 Å². The average Bonchev–Trinajstić information content (AvgIpc) is 2.35. The quantitative estimate of drug-likeness (QED) is 0.611. The Labute approximate surface area is 108 Å². The van der Waals surface area contributed by atoms with Crippen molar-refractivity contribution in [1.82, 2.24) is 9.78 Å². The molecule has 0 radical (unpaired) electrons. The van der Waals surface area contributed by atoms with E-state index in [4.69, 9.17) is 16.3 Å². The molecular formula is C12H9ClN2O3. The fourth-order valence-electron chi connectivity index (χ4n) is 1.29. The second kappa shape index (κ2) is 5.01. The highest BCUT2D eigenvalue weighted by molar-refractivity contribution is 6.32. The molecule has 5 nitrogen and oxygen atoms in total. The third-order valence-corrected chi connectivity index (χ3v) is 2.52. The summed E-state index contributed by atoms with van der Waals surface area (Å²) in [5, 5.41) is 4.11. The maximum Gasteiger partial charge on any atom is 0.364 e. The van der Waals surface area contributed by atoms with E-state index in [1.54, 1.807) is 24.3 Å². The minimum Gasteiger partial charge on any atom is -0.420 e. The highest BCUT2D eigenvalue weighted by Crippen LogP contribution is 2.23. The van der Waals surface area contributed by atoms with Crippen molar-refractivity contribution in [3.8, 4) is 5.75 Å². The Hall–Kier alpha value is -2.14. The molecule has 0 spiro atoms. The molecule has 0 aliphatic rings. The number of aromatic nitrogens is 2. The van der Waals surface area contributed by atoms with E-state index in [0.717, 1.165) is 4.68 Å². The van der Waals surface area contributed by atoms with Crippen molar-refractivity contribution in [2.45, 2.75) is 0 Å². The van der Waals surface area contributed by atoms with Gasteiger partial charge < -0.3 is 4.74 Å². The number of hydrogen-bond donors (Lipinski definition) is 0. The van der Waals surface area contributed by atoms with Gasteiger partial charge in [-0.15, -0.1) is 0 Å². The third kappa shape index (κ3) is 2.57. The Morgan fingerprint density at radius 2 is 2.00 bits per heavy atom. The summed E-state index contributed by atoms with van der Waals surface area (Å²) in [4.78, 5) is 22.9. The molecule has 0 atom stereocenters. The molecule has 0 aliphatic heterocycles. The first-order chi connectivity index (χ1) is 8.58. The number of para-hydroxylation sites is 1. The first kappa shape index (κ1) is 12.3. The molecule has 18 heavy (non-hydrogen) atoms. The lowest BCUT2D eigenvalue weighted by atomic mass is 10.3. The van der Waals surface area contributed by atoms with Crippen molar-refractivity contribution >= 4 is 17.6 Å². The zero-order valence-corrected chi connectivity index (χ0v) is 10.2. The zero-order chi connectivity index (χ0) is 13.1. The number of ether oxygens (including phenoxy) is 1. The van der Waals surface area contributed by atoms with Crippen LogP contribution in [-0.2, 0) is 7.05 Å². The van der Waals surface area contributed by atoms with Crippen molar-refractivity contribution in [2.24, 2.45) is 7.05 Å². The van der Waals surface area contributed by atoms with Crippen LogP contribution in [-0.4, -0.2) is 15.7 Å². The molecule has 0 amide bonds. The van der Waals surface area contributed by atoms with Crippen LogP contribution in [0.25, 0.3) is 0 Å². The molecule has 2 rings (SSSR count). The smallest absolute Gasteiger partial charge is 0.364 e. The van der Waals surface area contributed by atoms with Gasteiger partial charge in [-0.25, -0.2) is 9.48 Å². The monoisotopic (exact) mass is 264 g/mol. The molecule has 0 saturated carbocycles. The molecule has 0 saturated heterocycles. The van der Waals surface area contributed by atoms with E-state index in [-0.39, 0.29) is 17.0 Å². The number of nitrogens with zero attached hydrogens (tertiary/aromatic N) is 2. The van der Waals surface area contributed by atoms with Crippen LogP contribution < -0.4 is 10.3 Å². The van der Waals surface area contributed by atoms with Gasteiger partial charge in [0.25, 0.3) is 5.56 Å². The minimum absolute atomic E-state index is 0.0389. The van der Waals surface area contributed by atoms with E-state index in [1.165, 1.54) is 19.2 Å². The van der Waals surface area contributed by atoms with Gasteiger partial charge in [-0.1, -0.05) is 23.7 Å². The number of carbonyl (C=O) groups excluding carboxylic acids is 1. The summed E-state index contributed by atoms with van der Waals surface area (Å²) in [6.45, 7) is 0. The SMILES string of the molecule is Cn1nc(C(=O)Oc2ccccc2Cl)ccc1=O. The zero-order valence-electron chi connectivity index (χ0n) is 9.46. The molecule has 6 heteroatoms. The number of carbonyl (C=O) groups is 1. The Balaban J connectivity index is 2.25. The molecule has 1 aromatic carbocycles. The number of hydrogen-bond acceptors (Lipinski definition) is 4. The first-order valence-corrected chi connectivity index (χ1v) is 5.47. The fraction of sp³-hybridized carbons (Fsp3) is 0.0833. The number of aryl methyl sites for hydroxylation is 1. The first-order valence-electron chi connectivity index (χ1n) is 5.09. The maximum atomic E-state index is 11.8. The van der Waals surface area contributed by atoms with Gasteiger partial charge in [0.05, 0.1) is 5.02 Å². The molecule has 1 heterocycles. The van der Waals surface area contributed by atoms with Gasteiger partial charge in [-0.05, 0) is 18.2 Å². The van der Waals surface area contributed by atoms with E-state index in [1.807, 2.05) is 0 Å². The van der Waals surface area contributed by atoms with Crippen LogP contribution in [0.15, 0.2) is 41.2 Å². The van der Waals surface area contributed by atoms with Gasteiger partial charge in [0.2, 0.25) is 0 Å². The van der Waals surface area contributed by atoms with E-state index in [0.29, 0.717) is 5.02 Å². The maximum absolute atomic E-state index is 11.8. The van der Waals surface area contributed by atoms with E-state index in [2.05, 4.69) is 5.10 Å². The summed E-state index contributed by atoms with van der Waals surface area (Å²) in [7, 11) is 1.45. The molecule has 92 valence electrons. The van der Waals surface area contributed by atoms with Gasteiger partial charge in [-0.2, -0.15) is 5.10 Å². The Kier molecular flexibility index (Phi) is 3.43. The fourth-order valence-corrected chi connectivity index (χ4v) is 1.47. The standard InChI is InChI=1S/C12H9ClN2O3/c1-15-11(16)7-6-9(14-15)12(17)18-10-5-3-2-4-8(10)13/h2-7H,1H3. The molecule has 0 aliphatic carbocycles. The van der Waals surface area contributed by atoms with Crippen LogP contribution in [0.2, 0.25) is 5.02 Å². The summed E-state index contributed by atoms with van der Waals surface area (Å²) < 4.78 is 6.14. The van der Waals surface area contributed by atoms with Gasteiger partial charge >= 0.3 is 5.97 Å². The minimum atomic E-state index is -0.668. The number of benzene rings is 1. The van der Waals surface area contributed by atoms with Crippen LogP contribution in [0, 0.1) is 0 Å². The van der Waals surface area contributed by atoms with Gasteiger partial charge in [-0.3, -0.25) is 4.79 Å². The van der Waals surface area contributed by atoms with E-state index >= 15 is 0 Å². The van der Waals surface area contributed by atoms with Crippen molar-refractivity contribution in [3.63, 3.8) is 0 Å². The lowest BCUT2D eigenvalue weighted by molar-refractivity contribution is 0.0726. The summed E-state index contributed by atoms with van der Waals surface area (Å²) in [6.07, 6.45) is 0. The Morgan fingerprint density at radius 1 is 1.28 bits per heavy atom. The van der Waals surface area contributed by atoms with E-state index < -0.39 is 5.97 Å². The Bertz CT molecular complexity index is 652. The third-order valence-electron chi connectivity index (χ3n) is 2.21. The highest BCUT2D eigenvalue weighted by atomic mass is 35.5. The van der Waals surface area contributed by atoms with Crippen molar-refractivity contribution in [3.05, 3.63) is 57.5 Å². The largest absolute Gasteiger partial charge is 0.420 e. The molecule has 0 N–H and O–H groups in total. The van der Waals surface area contributed by atoms with Crippen LogP contribution >= 0.6 is 11.6 Å². The normalized spacial score (nSPS) is 10.1. The van der Waals surface area contributed by atoms with Crippen LogP contribution in [0.3, 0.4) is 0 Å². The second-order valence-electron chi connectivity index (χ2n) is 3.50. The van der Waals surface area contributed by atoms with Gasteiger partial charge in [0, 0.05) is 13.1 Å². The van der Waals surface area contributed by atoms with Gasteiger partial charge in [0.15, 0.2) is 5.69 Å². The molecule has 2 aromatic rings. The Morgan fingerprint density at radius 3 is 2.67 bits per heavy atom. The lowest BCUT2D eigenvalue weighted by Crippen LogP contribution is -2.22. The second-order valence-corrected chi connectivity index (χ2v) is 3.91. The summed E-state index contributed by atoms with van der Waals surface area (Å²) in [6, 6.07) is 9.16. The summed E-state index contributed by atoms with van der Waals surface area (Å²) >= 11 is 5.86. The van der Waals surface area contributed by atoms with Crippen molar-refractivity contribution in [1.29, 1.82) is 0 Å². The lowest BCUT2D eigenvalue weighted by Gasteiger charge is -2.05. The van der Waals surface area contributed by atoms with Crippen LogP contribution in [0.1, 0.15) is 10.5 Å². The van der Waals surface area contributed by atoms with Gasteiger partial charge in [0.1, 0.15) is 5.75 Å². The number of esters is 1. The summed E-state index contributed by atoms with van der Waals surface area (Å²) in [5.74, 6) is -0.418. The molecular weight excluding hydrogens is 256 g/mol. The molecule has 0 bridgehead atoms. The average molecular weight is 265 g/mol. The van der Waals surface area contributed by atoms with Crippen molar-refractivity contribution < 1.29 is 9.53 Å².